The summed E-state index contributed by atoms with van der Waals surface area (Å²) in [5.41, 5.74) is 2.06. The Balaban J connectivity index is 2.23. The van der Waals surface area contributed by atoms with Gasteiger partial charge in [-0.2, -0.15) is 0 Å². The van der Waals surface area contributed by atoms with Crippen molar-refractivity contribution in [2.75, 3.05) is 12.4 Å². The summed E-state index contributed by atoms with van der Waals surface area (Å²) in [4.78, 5) is 8.01. The summed E-state index contributed by atoms with van der Waals surface area (Å²) in [6.07, 6.45) is 6.01. The summed E-state index contributed by atoms with van der Waals surface area (Å²) in [6, 6.07) is 8.22. The Morgan fingerprint density at radius 2 is 1.94 bits per heavy atom. The Labute approximate surface area is 107 Å². The van der Waals surface area contributed by atoms with E-state index in [4.69, 9.17) is 4.74 Å². The molecule has 18 heavy (non-hydrogen) atoms. The van der Waals surface area contributed by atoms with Crippen LogP contribution in [0.25, 0.3) is 0 Å². The van der Waals surface area contributed by atoms with Crippen molar-refractivity contribution in [2.24, 2.45) is 0 Å². The number of nitrogens with one attached hydrogen (secondary N) is 1. The molecule has 1 aromatic carbocycles. The van der Waals surface area contributed by atoms with Crippen LogP contribution in [0.4, 0.5) is 5.69 Å². The van der Waals surface area contributed by atoms with E-state index in [1.165, 1.54) is 6.33 Å². The molecule has 2 rings (SSSR count). The summed E-state index contributed by atoms with van der Waals surface area (Å²) in [7, 11) is 1.69. The van der Waals surface area contributed by atoms with Crippen molar-refractivity contribution < 1.29 is 4.74 Å². The SMILES string of the molecule is CCC(Nc1cncnc1)c1ccccc1OC. The maximum absolute atomic E-state index is 5.39. The number of hydrogen-bond donors (Lipinski definition) is 1. The fourth-order valence-corrected chi connectivity index (χ4v) is 1.93. The largest absolute Gasteiger partial charge is 0.496 e. The van der Waals surface area contributed by atoms with E-state index in [0.29, 0.717) is 0 Å². The normalized spacial score (nSPS) is 11.9. The minimum atomic E-state index is 0.187. The summed E-state index contributed by atoms with van der Waals surface area (Å²) in [5, 5.41) is 3.41. The molecule has 1 heterocycles. The van der Waals surface area contributed by atoms with Crippen LogP contribution in [-0.4, -0.2) is 17.1 Å². The molecule has 94 valence electrons. The van der Waals surface area contributed by atoms with E-state index in [2.05, 4.69) is 28.3 Å². The molecule has 1 N–H and O–H groups in total. The Hall–Kier alpha value is -2.10. The van der Waals surface area contributed by atoms with Crippen LogP contribution in [0, 0.1) is 0 Å². The third-order valence-electron chi connectivity index (χ3n) is 2.82. The summed E-state index contributed by atoms with van der Waals surface area (Å²) in [6.45, 7) is 2.13. The molecule has 0 bridgehead atoms. The van der Waals surface area contributed by atoms with Crippen LogP contribution < -0.4 is 10.1 Å². The van der Waals surface area contributed by atoms with E-state index in [1.54, 1.807) is 19.5 Å². The van der Waals surface area contributed by atoms with Crippen molar-refractivity contribution in [3.8, 4) is 5.75 Å². The smallest absolute Gasteiger partial charge is 0.124 e. The summed E-state index contributed by atoms with van der Waals surface area (Å²) in [5.74, 6) is 0.897. The lowest BCUT2D eigenvalue weighted by Crippen LogP contribution is -2.11. The van der Waals surface area contributed by atoms with Gasteiger partial charge in [-0.05, 0) is 12.5 Å². The van der Waals surface area contributed by atoms with Crippen LogP contribution >= 0.6 is 0 Å². The molecule has 1 unspecified atom stereocenters. The zero-order chi connectivity index (χ0) is 12.8. The predicted molar refractivity (Wildman–Crippen MR) is 71.7 cm³/mol. The van der Waals surface area contributed by atoms with E-state index in [0.717, 1.165) is 23.4 Å². The molecule has 0 saturated carbocycles. The lowest BCUT2D eigenvalue weighted by atomic mass is 10.0. The highest BCUT2D eigenvalue weighted by Crippen LogP contribution is 2.29. The highest BCUT2D eigenvalue weighted by atomic mass is 16.5. The van der Waals surface area contributed by atoms with E-state index in [1.807, 2.05) is 18.2 Å². The minimum absolute atomic E-state index is 0.187. The van der Waals surface area contributed by atoms with Gasteiger partial charge in [0.05, 0.1) is 31.2 Å². The molecule has 0 radical (unpaired) electrons. The van der Waals surface area contributed by atoms with Gasteiger partial charge in [-0.3, -0.25) is 0 Å². The van der Waals surface area contributed by atoms with Crippen molar-refractivity contribution >= 4 is 5.69 Å². The van der Waals surface area contributed by atoms with Crippen molar-refractivity contribution in [2.45, 2.75) is 19.4 Å². The molecule has 0 spiro atoms. The molecule has 0 aliphatic heterocycles. The van der Waals surface area contributed by atoms with Crippen LogP contribution in [0.1, 0.15) is 24.9 Å². The number of methoxy groups -OCH3 is 1. The molecule has 0 aliphatic rings. The number of benzene rings is 1. The number of aromatic nitrogens is 2. The van der Waals surface area contributed by atoms with Gasteiger partial charge in [0, 0.05) is 5.56 Å². The molecule has 0 saturated heterocycles. The minimum Gasteiger partial charge on any atom is -0.496 e. The average Bonchev–Trinajstić information content (AvgIpc) is 2.46. The van der Waals surface area contributed by atoms with Crippen LogP contribution in [0.3, 0.4) is 0 Å². The van der Waals surface area contributed by atoms with Gasteiger partial charge in [0.1, 0.15) is 12.1 Å². The predicted octanol–water partition coefficient (Wildman–Crippen LogP) is 3.05. The topological polar surface area (TPSA) is 47.0 Å². The molecule has 0 aliphatic carbocycles. The zero-order valence-corrected chi connectivity index (χ0v) is 10.6. The quantitative estimate of drug-likeness (QED) is 0.876. The maximum Gasteiger partial charge on any atom is 0.124 e. The van der Waals surface area contributed by atoms with Crippen LogP contribution in [0.5, 0.6) is 5.75 Å². The third kappa shape index (κ3) is 2.77. The molecule has 1 aromatic heterocycles. The van der Waals surface area contributed by atoms with Crippen molar-refractivity contribution in [3.05, 3.63) is 48.5 Å². The van der Waals surface area contributed by atoms with Gasteiger partial charge in [-0.25, -0.2) is 9.97 Å². The van der Waals surface area contributed by atoms with Crippen LogP contribution in [-0.2, 0) is 0 Å². The standard InChI is InChI=1S/C14H17N3O/c1-3-13(17-11-8-15-10-16-9-11)12-6-4-5-7-14(12)18-2/h4-10,13,17H,3H2,1-2H3. The number of anilines is 1. The molecule has 0 amide bonds. The fourth-order valence-electron chi connectivity index (χ4n) is 1.93. The second kappa shape index (κ2) is 6.00. The number of rotatable bonds is 5. The third-order valence-corrected chi connectivity index (χ3v) is 2.82. The molecular formula is C14H17N3O. The van der Waals surface area contributed by atoms with Gasteiger partial charge in [0.25, 0.3) is 0 Å². The molecule has 2 aromatic rings. The summed E-state index contributed by atoms with van der Waals surface area (Å²) >= 11 is 0. The fraction of sp³-hybridized carbons (Fsp3) is 0.286. The lowest BCUT2D eigenvalue weighted by Gasteiger charge is -2.20. The second-order valence-corrected chi connectivity index (χ2v) is 3.97. The van der Waals surface area contributed by atoms with E-state index >= 15 is 0 Å². The van der Waals surface area contributed by atoms with Crippen LogP contribution in [0.2, 0.25) is 0 Å². The van der Waals surface area contributed by atoms with Gasteiger partial charge in [-0.15, -0.1) is 0 Å². The van der Waals surface area contributed by atoms with Gasteiger partial charge < -0.3 is 10.1 Å². The molecular weight excluding hydrogens is 226 g/mol. The second-order valence-electron chi connectivity index (χ2n) is 3.97. The first kappa shape index (κ1) is 12.4. The van der Waals surface area contributed by atoms with Crippen LogP contribution in [0.15, 0.2) is 43.0 Å². The van der Waals surface area contributed by atoms with Crippen molar-refractivity contribution in [3.63, 3.8) is 0 Å². The zero-order valence-electron chi connectivity index (χ0n) is 10.6. The highest BCUT2D eigenvalue weighted by Gasteiger charge is 2.13. The lowest BCUT2D eigenvalue weighted by molar-refractivity contribution is 0.406. The van der Waals surface area contributed by atoms with Crippen molar-refractivity contribution in [1.82, 2.24) is 9.97 Å². The molecule has 4 heteroatoms. The Kier molecular flexibility index (Phi) is 4.12. The highest BCUT2D eigenvalue weighted by molar-refractivity contribution is 5.44. The van der Waals surface area contributed by atoms with E-state index in [-0.39, 0.29) is 6.04 Å². The van der Waals surface area contributed by atoms with Crippen molar-refractivity contribution in [1.29, 1.82) is 0 Å². The molecule has 4 nitrogen and oxygen atoms in total. The van der Waals surface area contributed by atoms with E-state index < -0.39 is 0 Å². The Morgan fingerprint density at radius 1 is 1.22 bits per heavy atom. The number of ether oxygens (including phenoxy) is 1. The van der Waals surface area contributed by atoms with Gasteiger partial charge in [0.15, 0.2) is 0 Å². The molecule has 1 atom stereocenters. The Bertz CT molecular complexity index is 487. The van der Waals surface area contributed by atoms with Gasteiger partial charge >= 0.3 is 0 Å². The number of para-hydroxylation sites is 1. The first-order chi connectivity index (χ1) is 8.85. The molecule has 0 fully saturated rings. The van der Waals surface area contributed by atoms with Gasteiger partial charge in [-0.1, -0.05) is 25.1 Å². The maximum atomic E-state index is 5.39. The van der Waals surface area contributed by atoms with Gasteiger partial charge in [0.2, 0.25) is 0 Å². The monoisotopic (exact) mass is 243 g/mol. The number of hydrogen-bond acceptors (Lipinski definition) is 4. The Morgan fingerprint density at radius 3 is 2.61 bits per heavy atom. The summed E-state index contributed by atoms with van der Waals surface area (Å²) < 4.78 is 5.39. The first-order valence-corrected chi connectivity index (χ1v) is 5.99. The number of nitrogens with zero attached hydrogens (tertiary/aromatic N) is 2. The van der Waals surface area contributed by atoms with E-state index in [9.17, 15) is 0 Å². The first-order valence-electron chi connectivity index (χ1n) is 5.99. The average molecular weight is 243 g/mol.